The summed E-state index contributed by atoms with van der Waals surface area (Å²) in [7, 11) is 0. The number of guanidine groups is 1. The predicted octanol–water partition coefficient (Wildman–Crippen LogP) is -2.51. The van der Waals surface area contributed by atoms with Crippen LogP contribution in [0.4, 0.5) is 4.79 Å². The van der Waals surface area contributed by atoms with Crippen LogP contribution in [-0.4, -0.2) is 86.8 Å². The number of nitrogens with zero attached hydrogens (tertiary/aromatic N) is 1. The van der Waals surface area contributed by atoms with Crippen LogP contribution in [0.15, 0.2) is 35.3 Å². The fraction of sp³-hybridized carbons (Fsp3) is 0.579. The first-order valence-corrected chi connectivity index (χ1v) is 9.91. The fourth-order valence-electron chi connectivity index (χ4n) is 5.58. The molecule has 166 valence electrons. The minimum Gasteiger partial charge on any atom is -0.443 e. The van der Waals surface area contributed by atoms with Gasteiger partial charge >= 0.3 is 12.1 Å². The van der Waals surface area contributed by atoms with E-state index < -0.39 is 66.4 Å². The number of ether oxygens (including phenoxy) is 4. The van der Waals surface area contributed by atoms with Crippen LogP contribution in [0.1, 0.15) is 5.56 Å². The summed E-state index contributed by atoms with van der Waals surface area (Å²) in [5, 5.41) is 48.6. The molecule has 5 aliphatic heterocycles. The minimum atomic E-state index is -2.25. The van der Waals surface area contributed by atoms with E-state index in [1.54, 1.807) is 12.1 Å². The number of amides is 1. The number of benzene rings is 1. The van der Waals surface area contributed by atoms with E-state index in [4.69, 9.17) is 18.9 Å². The Morgan fingerprint density at radius 1 is 1.19 bits per heavy atom. The number of rotatable bonds is 3. The van der Waals surface area contributed by atoms with Crippen molar-refractivity contribution < 1.29 is 44.2 Å². The first-order chi connectivity index (χ1) is 14.8. The van der Waals surface area contributed by atoms with Crippen molar-refractivity contribution in [2.75, 3.05) is 6.61 Å². The Kier molecular flexibility index (Phi) is 3.83. The quantitative estimate of drug-likeness (QED) is 0.296. The average Bonchev–Trinajstić information content (AvgIpc) is 2.90. The van der Waals surface area contributed by atoms with Gasteiger partial charge in [-0.05, 0) is 5.56 Å². The minimum absolute atomic E-state index is 0.0149. The number of aliphatic hydroxyl groups is 4. The predicted molar refractivity (Wildman–Crippen MR) is 98.0 cm³/mol. The van der Waals surface area contributed by atoms with Gasteiger partial charge in [0.05, 0.1) is 12.5 Å². The molecule has 0 radical (unpaired) electrons. The molecule has 6 N–H and O–H groups in total. The number of carbonyl (C=O) groups excluding carboxylic acids is 1. The van der Waals surface area contributed by atoms with Crippen LogP contribution in [0, 0.1) is 5.92 Å². The zero-order valence-corrected chi connectivity index (χ0v) is 16.0. The first-order valence-electron chi connectivity index (χ1n) is 9.91. The van der Waals surface area contributed by atoms with Gasteiger partial charge in [0.2, 0.25) is 5.96 Å². The van der Waals surface area contributed by atoms with Crippen LogP contribution in [0.2, 0.25) is 0 Å². The highest BCUT2D eigenvalue weighted by atomic mass is 16.9. The van der Waals surface area contributed by atoms with Gasteiger partial charge in [-0.3, -0.25) is 0 Å². The van der Waals surface area contributed by atoms with Gasteiger partial charge in [0.15, 0.2) is 6.10 Å². The largest absolute Gasteiger partial charge is 0.443 e. The van der Waals surface area contributed by atoms with Crippen LogP contribution >= 0.6 is 0 Å². The molecule has 7 bridgehead atoms. The summed E-state index contributed by atoms with van der Waals surface area (Å²) in [6.07, 6.45) is -6.81. The molecule has 5 saturated heterocycles. The van der Waals surface area contributed by atoms with Crippen molar-refractivity contribution in [3.63, 3.8) is 0 Å². The van der Waals surface area contributed by atoms with E-state index in [1.165, 1.54) is 0 Å². The summed E-state index contributed by atoms with van der Waals surface area (Å²) in [6.45, 7) is -0.725. The fourth-order valence-corrected chi connectivity index (χ4v) is 5.58. The van der Waals surface area contributed by atoms with Gasteiger partial charge in [0.25, 0.3) is 0 Å². The molecule has 12 heteroatoms. The van der Waals surface area contributed by atoms with Gasteiger partial charge in [0, 0.05) is 0 Å². The maximum absolute atomic E-state index is 12.2. The molecule has 6 aliphatic rings. The molecule has 1 saturated carbocycles. The molecule has 1 aliphatic carbocycles. The summed E-state index contributed by atoms with van der Waals surface area (Å²) < 4.78 is 22.0. The molecule has 31 heavy (non-hydrogen) atoms. The second kappa shape index (κ2) is 6.13. The molecule has 5 heterocycles. The summed E-state index contributed by atoms with van der Waals surface area (Å²) >= 11 is 0. The van der Waals surface area contributed by atoms with Crippen LogP contribution in [-0.2, 0) is 25.6 Å². The third kappa shape index (κ3) is 2.32. The number of aliphatic imine (C=N–C) groups is 1. The molecule has 0 aromatic heterocycles. The van der Waals surface area contributed by atoms with Crippen LogP contribution in [0.25, 0.3) is 0 Å². The lowest BCUT2D eigenvalue weighted by Gasteiger charge is -2.68. The van der Waals surface area contributed by atoms with E-state index in [0.29, 0.717) is 0 Å². The lowest BCUT2D eigenvalue weighted by atomic mass is 9.56. The van der Waals surface area contributed by atoms with Crippen molar-refractivity contribution in [2.45, 2.75) is 54.4 Å². The lowest BCUT2D eigenvalue weighted by molar-refractivity contribution is -0.529. The van der Waals surface area contributed by atoms with Crippen molar-refractivity contribution in [3.8, 4) is 0 Å². The number of hydrogen-bond donors (Lipinski definition) is 6. The molecular formula is C19H21N3O9. The smallest absolute Gasteiger partial charge is 0.437 e. The normalized spacial score (nSPS) is 49.6. The molecule has 1 aromatic rings. The third-order valence-electron chi connectivity index (χ3n) is 6.88. The van der Waals surface area contributed by atoms with Crippen LogP contribution in [0.3, 0.4) is 0 Å². The van der Waals surface area contributed by atoms with Crippen molar-refractivity contribution in [1.82, 2.24) is 10.6 Å². The van der Waals surface area contributed by atoms with Gasteiger partial charge in [-0.15, -0.1) is 4.99 Å². The van der Waals surface area contributed by atoms with E-state index in [-0.39, 0.29) is 12.6 Å². The van der Waals surface area contributed by atoms with E-state index in [9.17, 15) is 25.2 Å². The van der Waals surface area contributed by atoms with Gasteiger partial charge < -0.3 is 50.0 Å². The van der Waals surface area contributed by atoms with E-state index in [1.807, 2.05) is 18.2 Å². The summed E-state index contributed by atoms with van der Waals surface area (Å²) in [4.78, 5) is 16.1. The summed E-state index contributed by atoms with van der Waals surface area (Å²) in [5.41, 5.74) is -2.53. The standard InChI is InChI=1S/C19H21N3O9/c23-7-17(26)11-9-13-20-15(21-16(25)28-6-8-4-2-1-3-5-8)22-18(9)10(24)12(17)31-19(27,30-11)14(18)29-13/h1-5,9-14,23-24,26-27H,6-7H2,(H2,20,21,22,25)/t9?,10?,11?,12?,13?,14-,17?,18?,19?/m0/s1. The van der Waals surface area contributed by atoms with Crippen molar-refractivity contribution >= 4 is 12.1 Å². The maximum Gasteiger partial charge on any atom is 0.437 e. The first kappa shape index (κ1) is 19.4. The number of carbonyl (C=O) groups is 1. The Labute approximate surface area is 175 Å². The zero-order chi connectivity index (χ0) is 21.6. The lowest BCUT2D eigenvalue weighted by Crippen LogP contribution is -2.93. The SMILES string of the molecule is O=C(/N=C1/NC2O[C@@H]3C4(O)OC5C(O)C3(N1)C2C(O4)C5(O)CO)OCc1ccccc1. The Hall–Kier alpha value is -2.32. The van der Waals surface area contributed by atoms with Gasteiger partial charge in [-0.1, -0.05) is 30.3 Å². The topological polar surface area (TPSA) is 171 Å². The molecule has 1 amide bonds. The monoisotopic (exact) mass is 435 g/mol. The van der Waals surface area contributed by atoms with Crippen LogP contribution in [0.5, 0.6) is 0 Å². The summed E-state index contributed by atoms with van der Waals surface area (Å²) in [5.74, 6) is -2.98. The molecular weight excluding hydrogens is 414 g/mol. The zero-order valence-electron chi connectivity index (χ0n) is 16.0. The number of aliphatic hydroxyl groups excluding tert-OH is 2. The van der Waals surface area contributed by atoms with Crippen molar-refractivity contribution in [2.24, 2.45) is 10.9 Å². The molecule has 1 spiro atoms. The van der Waals surface area contributed by atoms with E-state index in [0.717, 1.165) is 5.56 Å². The molecule has 7 rings (SSSR count). The molecule has 9 atom stereocenters. The molecule has 1 aromatic carbocycles. The maximum atomic E-state index is 12.2. The highest BCUT2D eigenvalue weighted by Gasteiger charge is 2.87. The highest BCUT2D eigenvalue weighted by Crippen LogP contribution is 2.62. The Morgan fingerprint density at radius 2 is 1.94 bits per heavy atom. The molecule has 6 fully saturated rings. The van der Waals surface area contributed by atoms with Crippen molar-refractivity contribution in [1.29, 1.82) is 0 Å². The van der Waals surface area contributed by atoms with Gasteiger partial charge in [-0.2, -0.15) is 0 Å². The third-order valence-corrected chi connectivity index (χ3v) is 6.88. The van der Waals surface area contributed by atoms with Gasteiger partial charge in [0.1, 0.15) is 42.3 Å². The molecule has 8 unspecified atom stereocenters. The number of nitrogens with one attached hydrogen (secondary N) is 2. The van der Waals surface area contributed by atoms with Crippen molar-refractivity contribution in [3.05, 3.63) is 35.9 Å². The average molecular weight is 435 g/mol. The Bertz CT molecular complexity index is 958. The number of hydrogen-bond acceptors (Lipinski definition) is 9. The van der Waals surface area contributed by atoms with Crippen LogP contribution < -0.4 is 10.6 Å². The van der Waals surface area contributed by atoms with Gasteiger partial charge in [-0.25, -0.2) is 4.79 Å². The summed E-state index contributed by atoms with van der Waals surface area (Å²) in [6, 6.07) is 9.10. The highest BCUT2D eigenvalue weighted by molar-refractivity contribution is 5.92. The Balaban J connectivity index is 1.29. The Morgan fingerprint density at radius 3 is 2.68 bits per heavy atom. The van der Waals surface area contributed by atoms with E-state index >= 15 is 0 Å². The van der Waals surface area contributed by atoms with E-state index in [2.05, 4.69) is 15.6 Å². The second-order valence-corrected chi connectivity index (χ2v) is 8.47. The molecule has 12 nitrogen and oxygen atoms in total. The second-order valence-electron chi connectivity index (χ2n) is 8.47.